The smallest absolute Gasteiger partial charge is 0.360 e. The molecule has 1 aromatic heterocycles. The molecule has 0 N–H and O–H groups in total. The molecular formula is C15H25N3O3. The van der Waals surface area contributed by atoms with E-state index in [4.69, 9.17) is 9.47 Å². The molecule has 2 heterocycles. The topological polar surface area (TPSA) is 66.2 Å². The molecular weight excluding hydrogens is 270 g/mol. The number of esters is 1. The maximum absolute atomic E-state index is 12.0. The van der Waals surface area contributed by atoms with Gasteiger partial charge in [-0.05, 0) is 39.5 Å². The van der Waals surface area contributed by atoms with E-state index in [9.17, 15) is 4.79 Å². The number of carbonyl (C=O) groups is 1. The lowest BCUT2D eigenvalue weighted by Crippen LogP contribution is -2.24. The Labute approximate surface area is 125 Å². The van der Waals surface area contributed by atoms with Crippen molar-refractivity contribution < 1.29 is 14.3 Å². The van der Waals surface area contributed by atoms with Crippen molar-refractivity contribution in [2.75, 3.05) is 6.61 Å². The molecule has 0 radical (unpaired) electrons. The zero-order chi connectivity index (χ0) is 15.6. The fourth-order valence-corrected chi connectivity index (χ4v) is 2.77. The number of hydrogen-bond donors (Lipinski definition) is 0. The molecule has 1 saturated heterocycles. The first-order valence-corrected chi connectivity index (χ1v) is 7.62. The molecule has 0 amide bonds. The first-order valence-electron chi connectivity index (χ1n) is 7.62. The van der Waals surface area contributed by atoms with E-state index >= 15 is 0 Å². The Balaban J connectivity index is 2.18. The van der Waals surface area contributed by atoms with Crippen LogP contribution in [0.5, 0.6) is 0 Å². The summed E-state index contributed by atoms with van der Waals surface area (Å²) in [5.74, 6) is -0.256. The van der Waals surface area contributed by atoms with Gasteiger partial charge in [0, 0.05) is 0 Å². The normalized spacial score (nSPS) is 21.0. The minimum Gasteiger partial charge on any atom is -0.461 e. The van der Waals surface area contributed by atoms with Gasteiger partial charge >= 0.3 is 5.97 Å². The van der Waals surface area contributed by atoms with Gasteiger partial charge in [0.2, 0.25) is 0 Å². The minimum absolute atomic E-state index is 0.0762. The quantitative estimate of drug-likeness (QED) is 0.781. The number of carbonyl (C=O) groups excluding carboxylic acids is 1. The third kappa shape index (κ3) is 3.61. The number of aromatic nitrogens is 3. The van der Waals surface area contributed by atoms with Crippen molar-refractivity contribution in [1.29, 1.82) is 0 Å². The summed E-state index contributed by atoms with van der Waals surface area (Å²) in [6, 6.07) is 0. The van der Waals surface area contributed by atoms with E-state index in [-0.39, 0.29) is 17.6 Å². The molecule has 1 atom stereocenters. The first kappa shape index (κ1) is 15.9. The lowest BCUT2D eigenvalue weighted by atomic mass is 10.1. The largest absolute Gasteiger partial charge is 0.461 e. The molecule has 2 rings (SSSR count). The molecule has 1 unspecified atom stereocenters. The van der Waals surface area contributed by atoms with Crippen molar-refractivity contribution in [3.63, 3.8) is 0 Å². The second-order valence-electron chi connectivity index (χ2n) is 6.42. The molecule has 1 aliphatic heterocycles. The summed E-state index contributed by atoms with van der Waals surface area (Å²) in [6.45, 7) is 11.0. The van der Waals surface area contributed by atoms with Gasteiger partial charge in [-0.2, -0.15) is 0 Å². The molecule has 0 aliphatic carbocycles. The van der Waals surface area contributed by atoms with Gasteiger partial charge in [0.15, 0.2) is 5.69 Å². The highest BCUT2D eigenvalue weighted by atomic mass is 16.5. The van der Waals surface area contributed by atoms with Crippen LogP contribution in [0.15, 0.2) is 0 Å². The molecule has 0 spiro atoms. The van der Waals surface area contributed by atoms with Gasteiger partial charge in [0.1, 0.15) is 0 Å². The highest BCUT2D eigenvalue weighted by Crippen LogP contribution is 2.30. The maximum atomic E-state index is 12.0. The minimum atomic E-state index is -0.403. The molecule has 1 fully saturated rings. The average molecular weight is 295 g/mol. The average Bonchev–Trinajstić information content (AvgIpc) is 2.93. The fraction of sp³-hybridized carbons (Fsp3) is 0.800. The maximum Gasteiger partial charge on any atom is 0.360 e. The molecule has 6 nitrogen and oxygen atoms in total. The van der Waals surface area contributed by atoms with E-state index in [0.29, 0.717) is 18.8 Å². The van der Waals surface area contributed by atoms with Crippen LogP contribution in [-0.2, 0) is 16.0 Å². The van der Waals surface area contributed by atoms with Crippen LogP contribution in [0.3, 0.4) is 0 Å². The van der Waals surface area contributed by atoms with Gasteiger partial charge in [-0.1, -0.05) is 19.1 Å². The SMILES string of the molecule is CCOC(=O)c1nnn(CC2CCC(C)(C)O2)c1C(C)C. The number of nitrogens with zero attached hydrogens (tertiary/aromatic N) is 3. The van der Waals surface area contributed by atoms with E-state index in [0.717, 1.165) is 18.5 Å². The third-order valence-electron chi connectivity index (χ3n) is 3.72. The van der Waals surface area contributed by atoms with Gasteiger partial charge in [-0.25, -0.2) is 9.48 Å². The van der Waals surface area contributed by atoms with Crippen LogP contribution < -0.4 is 0 Å². The summed E-state index contributed by atoms with van der Waals surface area (Å²) in [4.78, 5) is 12.0. The molecule has 6 heteroatoms. The standard InChI is InChI=1S/C15H25N3O3/c1-6-20-14(19)12-13(10(2)3)18(17-16-12)9-11-7-8-15(4,5)21-11/h10-11H,6-9H2,1-5H3. The lowest BCUT2D eigenvalue weighted by molar-refractivity contribution is -0.0235. The van der Waals surface area contributed by atoms with Crippen LogP contribution >= 0.6 is 0 Å². The predicted octanol–water partition coefficient (Wildman–Crippen LogP) is 2.54. The van der Waals surface area contributed by atoms with Crippen LogP contribution in [0.2, 0.25) is 0 Å². The Hall–Kier alpha value is -1.43. The van der Waals surface area contributed by atoms with Crippen molar-refractivity contribution >= 4 is 5.97 Å². The second kappa shape index (κ2) is 6.13. The zero-order valence-corrected chi connectivity index (χ0v) is 13.5. The Bertz CT molecular complexity index is 508. The number of hydrogen-bond acceptors (Lipinski definition) is 5. The van der Waals surface area contributed by atoms with Crippen LogP contribution in [0.1, 0.15) is 69.6 Å². The summed E-state index contributed by atoms with van der Waals surface area (Å²) < 4.78 is 12.8. The van der Waals surface area contributed by atoms with Crippen LogP contribution in [-0.4, -0.2) is 39.3 Å². The lowest BCUT2D eigenvalue weighted by Gasteiger charge is -2.20. The van der Waals surface area contributed by atoms with Gasteiger partial charge in [0.25, 0.3) is 0 Å². The second-order valence-corrected chi connectivity index (χ2v) is 6.42. The van der Waals surface area contributed by atoms with Crippen LogP contribution in [0.4, 0.5) is 0 Å². The highest BCUT2D eigenvalue weighted by Gasteiger charge is 2.33. The molecule has 1 aliphatic rings. The van der Waals surface area contributed by atoms with E-state index in [1.165, 1.54) is 0 Å². The molecule has 1 aromatic rings. The summed E-state index contributed by atoms with van der Waals surface area (Å²) >= 11 is 0. The van der Waals surface area contributed by atoms with Crippen LogP contribution in [0.25, 0.3) is 0 Å². The molecule has 21 heavy (non-hydrogen) atoms. The summed E-state index contributed by atoms with van der Waals surface area (Å²) in [6.07, 6.45) is 2.15. The Morgan fingerprint density at radius 2 is 2.24 bits per heavy atom. The molecule has 118 valence electrons. The van der Waals surface area contributed by atoms with Gasteiger partial charge in [-0.15, -0.1) is 5.10 Å². The first-order chi connectivity index (χ1) is 9.84. The molecule has 0 bridgehead atoms. The van der Waals surface area contributed by atoms with Crippen molar-refractivity contribution in [1.82, 2.24) is 15.0 Å². The zero-order valence-electron chi connectivity index (χ0n) is 13.5. The number of ether oxygens (including phenoxy) is 2. The van der Waals surface area contributed by atoms with Gasteiger partial charge in [0.05, 0.1) is 30.6 Å². The van der Waals surface area contributed by atoms with Gasteiger partial charge in [-0.3, -0.25) is 0 Å². The van der Waals surface area contributed by atoms with E-state index in [2.05, 4.69) is 24.2 Å². The third-order valence-corrected chi connectivity index (χ3v) is 3.72. The van der Waals surface area contributed by atoms with Crippen LogP contribution in [0, 0.1) is 0 Å². The fourth-order valence-electron chi connectivity index (χ4n) is 2.77. The Kier molecular flexibility index (Phi) is 4.66. The predicted molar refractivity (Wildman–Crippen MR) is 78.3 cm³/mol. The molecule has 0 saturated carbocycles. The monoisotopic (exact) mass is 295 g/mol. The van der Waals surface area contributed by atoms with Crippen molar-refractivity contribution in [3.05, 3.63) is 11.4 Å². The van der Waals surface area contributed by atoms with E-state index in [1.54, 1.807) is 11.6 Å². The summed E-state index contributed by atoms with van der Waals surface area (Å²) in [5, 5.41) is 8.16. The highest BCUT2D eigenvalue weighted by molar-refractivity contribution is 5.88. The van der Waals surface area contributed by atoms with Crippen molar-refractivity contribution in [3.8, 4) is 0 Å². The number of rotatable bonds is 5. The van der Waals surface area contributed by atoms with E-state index in [1.807, 2.05) is 13.8 Å². The summed E-state index contributed by atoms with van der Waals surface area (Å²) in [5.41, 5.74) is 1.07. The summed E-state index contributed by atoms with van der Waals surface area (Å²) in [7, 11) is 0. The van der Waals surface area contributed by atoms with Crippen molar-refractivity contribution in [2.45, 2.75) is 71.6 Å². The van der Waals surface area contributed by atoms with E-state index < -0.39 is 5.97 Å². The van der Waals surface area contributed by atoms with Gasteiger partial charge < -0.3 is 9.47 Å². The van der Waals surface area contributed by atoms with Crippen molar-refractivity contribution in [2.24, 2.45) is 0 Å². The Morgan fingerprint density at radius 1 is 1.52 bits per heavy atom. The Morgan fingerprint density at radius 3 is 2.76 bits per heavy atom. The molecule has 0 aromatic carbocycles.